The fourth-order valence-corrected chi connectivity index (χ4v) is 3.58. The summed E-state index contributed by atoms with van der Waals surface area (Å²) in [6.07, 6.45) is 2.68. The van der Waals surface area contributed by atoms with Crippen LogP contribution in [0.25, 0.3) is 10.2 Å². The first-order chi connectivity index (χ1) is 10.5. The van der Waals surface area contributed by atoms with Crippen molar-refractivity contribution in [2.45, 2.75) is 20.3 Å². The third-order valence-corrected chi connectivity index (χ3v) is 4.90. The molecule has 6 heteroatoms. The first-order valence-electron chi connectivity index (χ1n) is 7.17. The number of aryl methyl sites for hydroxylation is 4. The predicted molar refractivity (Wildman–Crippen MR) is 88.0 cm³/mol. The first-order valence-corrected chi connectivity index (χ1v) is 7.99. The third-order valence-electron chi connectivity index (χ3n) is 3.80. The molecule has 114 valence electrons. The highest BCUT2D eigenvalue weighted by atomic mass is 32.1. The van der Waals surface area contributed by atoms with Crippen molar-refractivity contribution in [1.29, 1.82) is 0 Å². The molecule has 0 bridgehead atoms. The molecule has 22 heavy (non-hydrogen) atoms. The number of carbonyl (C=O) groups is 1. The Bertz CT molecular complexity index is 910. The number of carbonyl (C=O) groups excluding carboxylic acids is 1. The van der Waals surface area contributed by atoms with Crippen molar-refractivity contribution in [3.8, 4) is 0 Å². The molecule has 2 aromatic heterocycles. The molecule has 0 aliphatic rings. The van der Waals surface area contributed by atoms with Gasteiger partial charge in [-0.2, -0.15) is 10.1 Å². The van der Waals surface area contributed by atoms with Gasteiger partial charge in [-0.15, -0.1) is 0 Å². The summed E-state index contributed by atoms with van der Waals surface area (Å²) in [5, 5.41) is 4.10. The van der Waals surface area contributed by atoms with E-state index >= 15 is 0 Å². The van der Waals surface area contributed by atoms with E-state index in [0.717, 1.165) is 22.2 Å². The van der Waals surface area contributed by atoms with Gasteiger partial charge in [-0.25, -0.2) is 0 Å². The molecule has 0 fully saturated rings. The second-order valence-electron chi connectivity index (χ2n) is 5.32. The third kappa shape index (κ3) is 2.39. The summed E-state index contributed by atoms with van der Waals surface area (Å²) in [7, 11) is 3.70. The average molecular weight is 314 g/mol. The van der Waals surface area contributed by atoms with E-state index < -0.39 is 0 Å². The van der Waals surface area contributed by atoms with Gasteiger partial charge in [0.1, 0.15) is 5.69 Å². The topological polar surface area (TPSA) is 52.2 Å². The molecule has 1 aromatic carbocycles. The highest BCUT2D eigenvalue weighted by Gasteiger charge is 2.14. The Morgan fingerprint density at radius 2 is 2.14 bits per heavy atom. The van der Waals surface area contributed by atoms with E-state index in [9.17, 15) is 4.79 Å². The minimum Gasteiger partial charge on any atom is -0.319 e. The van der Waals surface area contributed by atoms with Crippen molar-refractivity contribution < 1.29 is 4.79 Å². The lowest BCUT2D eigenvalue weighted by atomic mass is 10.2. The van der Waals surface area contributed by atoms with E-state index in [1.54, 1.807) is 17.9 Å². The molecular weight excluding hydrogens is 296 g/mol. The van der Waals surface area contributed by atoms with E-state index in [2.05, 4.69) is 35.2 Å². The van der Waals surface area contributed by atoms with Crippen LogP contribution in [-0.4, -0.2) is 20.3 Å². The molecule has 0 N–H and O–H groups in total. The standard InChI is InChI=1S/C16H18N4OS/c1-5-11-6-7-12-13(8-11)22-16(19(12)3)18-15(21)14-10(2)9-17-20(14)4/h6-9H,5H2,1-4H3. The van der Waals surface area contributed by atoms with E-state index in [0.29, 0.717) is 10.5 Å². The van der Waals surface area contributed by atoms with Crippen LogP contribution in [0.15, 0.2) is 29.4 Å². The lowest BCUT2D eigenvalue weighted by Gasteiger charge is -1.99. The maximum absolute atomic E-state index is 12.4. The summed E-state index contributed by atoms with van der Waals surface area (Å²) in [6.45, 7) is 4.00. The Labute approximate surface area is 132 Å². The fraction of sp³-hybridized carbons (Fsp3) is 0.312. The van der Waals surface area contributed by atoms with Crippen LogP contribution in [0.1, 0.15) is 28.5 Å². The van der Waals surface area contributed by atoms with Gasteiger partial charge >= 0.3 is 0 Å². The lowest BCUT2D eigenvalue weighted by molar-refractivity contribution is 0.0988. The largest absolute Gasteiger partial charge is 0.319 e. The fourth-order valence-electron chi connectivity index (χ4n) is 2.50. The van der Waals surface area contributed by atoms with Gasteiger partial charge in [0.25, 0.3) is 5.91 Å². The first kappa shape index (κ1) is 14.7. The van der Waals surface area contributed by atoms with Crippen molar-refractivity contribution in [3.63, 3.8) is 0 Å². The smallest absolute Gasteiger partial charge is 0.298 e. The second-order valence-corrected chi connectivity index (χ2v) is 6.33. The van der Waals surface area contributed by atoms with E-state index in [1.807, 2.05) is 18.5 Å². The zero-order valence-electron chi connectivity index (χ0n) is 13.1. The van der Waals surface area contributed by atoms with Crippen molar-refractivity contribution in [2.24, 2.45) is 19.1 Å². The number of fused-ring (bicyclic) bond motifs is 1. The normalized spacial score (nSPS) is 12.3. The van der Waals surface area contributed by atoms with Gasteiger partial charge in [-0.05, 0) is 31.0 Å². The van der Waals surface area contributed by atoms with Crippen LogP contribution in [0.5, 0.6) is 0 Å². The van der Waals surface area contributed by atoms with Crippen LogP contribution < -0.4 is 4.80 Å². The summed E-state index contributed by atoms with van der Waals surface area (Å²) < 4.78 is 4.68. The minimum absolute atomic E-state index is 0.254. The zero-order valence-corrected chi connectivity index (χ0v) is 13.9. The van der Waals surface area contributed by atoms with Gasteiger partial charge in [0, 0.05) is 19.7 Å². The summed E-state index contributed by atoms with van der Waals surface area (Å²) in [6, 6.07) is 6.37. The molecule has 3 aromatic rings. The summed E-state index contributed by atoms with van der Waals surface area (Å²) in [5.74, 6) is -0.254. The van der Waals surface area contributed by atoms with Crippen LogP contribution in [0.3, 0.4) is 0 Å². The number of thiazole rings is 1. The minimum atomic E-state index is -0.254. The zero-order chi connectivity index (χ0) is 15.9. The van der Waals surface area contributed by atoms with Crippen LogP contribution in [-0.2, 0) is 20.5 Å². The lowest BCUT2D eigenvalue weighted by Crippen LogP contribution is -2.15. The number of amides is 1. The Morgan fingerprint density at radius 1 is 1.36 bits per heavy atom. The molecule has 3 rings (SSSR count). The molecule has 0 spiro atoms. The van der Waals surface area contributed by atoms with Gasteiger partial charge in [0.2, 0.25) is 0 Å². The summed E-state index contributed by atoms with van der Waals surface area (Å²) >= 11 is 1.54. The molecule has 0 unspecified atom stereocenters. The van der Waals surface area contributed by atoms with Crippen LogP contribution >= 0.6 is 11.3 Å². The number of nitrogens with zero attached hydrogens (tertiary/aromatic N) is 4. The number of benzene rings is 1. The molecule has 1 amide bonds. The quantitative estimate of drug-likeness (QED) is 0.730. The Hall–Kier alpha value is -2.21. The van der Waals surface area contributed by atoms with Gasteiger partial charge < -0.3 is 4.57 Å². The second kappa shape index (κ2) is 5.53. The monoisotopic (exact) mass is 314 g/mol. The Morgan fingerprint density at radius 3 is 2.77 bits per heavy atom. The van der Waals surface area contributed by atoms with E-state index in [-0.39, 0.29) is 5.91 Å². The molecule has 0 radical (unpaired) electrons. The number of hydrogen-bond acceptors (Lipinski definition) is 3. The molecule has 5 nitrogen and oxygen atoms in total. The van der Waals surface area contributed by atoms with Crippen LogP contribution in [0, 0.1) is 6.92 Å². The van der Waals surface area contributed by atoms with Gasteiger partial charge in [0.05, 0.1) is 16.4 Å². The highest BCUT2D eigenvalue weighted by Crippen LogP contribution is 2.19. The molecule has 0 saturated carbocycles. The number of hydrogen-bond donors (Lipinski definition) is 0. The number of aromatic nitrogens is 3. The summed E-state index contributed by atoms with van der Waals surface area (Å²) in [4.78, 5) is 17.4. The molecule has 0 aliphatic heterocycles. The van der Waals surface area contributed by atoms with Gasteiger partial charge in [0.15, 0.2) is 4.80 Å². The molecule has 0 saturated heterocycles. The molecule has 0 aliphatic carbocycles. The molecular formula is C16H18N4OS. The van der Waals surface area contributed by atoms with E-state index in [4.69, 9.17) is 0 Å². The Kier molecular flexibility index (Phi) is 3.70. The molecule has 2 heterocycles. The maximum atomic E-state index is 12.4. The van der Waals surface area contributed by atoms with Crippen molar-refractivity contribution >= 4 is 27.5 Å². The Balaban J connectivity index is 2.13. The average Bonchev–Trinajstić information content (AvgIpc) is 2.99. The van der Waals surface area contributed by atoms with Gasteiger partial charge in [-0.1, -0.05) is 24.3 Å². The maximum Gasteiger partial charge on any atom is 0.298 e. The van der Waals surface area contributed by atoms with Gasteiger partial charge in [-0.3, -0.25) is 9.48 Å². The SMILES string of the molecule is CCc1ccc2c(c1)sc(=NC(=O)c1c(C)cnn1C)n2C. The van der Waals surface area contributed by atoms with Crippen molar-refractivity contribution in [1.82, 2.24) is 14.3 Å². The van der Waals surface area contributed by atoms with Crippen LogP contribution in [0.4, 0.5) is 0 Å². The summed E-state index contributed by atoms with van der Waals surface area (Å²) in [5.41, 5.74) is 3.75. The van der Waals surface area contributed by atoms with E-state index in [1.165, 1.54) is 16.9 Å². The van der Waals surface area contributed by atoms with Crippen molar-refractivity contribution in [2.75, 3.05) is 0 Å². The highest BCUT2D eigenvalue weighted by molar-refractivity contribution is 7.16. The number of rotatable bonds is 2. The van der Waals surface area contributed by atoms with Crippen LogP contribution in [0.2, 0.25) is 0 Å². The molecule has 0 atom stereocenters. The van der Waals surface area contributed by atoms with Crippen molar-refractivity contribution in [3.05, 3.63) is 46.0 Å². The predicted octanol–water partition coefficient (Wildman–Crippen LogP) is 2.59.